The number of hydrogen-bond donors (Lipinski definition) is 1. The third-order valence-electron chi connectivity index (χ3n) is 7.46. The van der Waals surface area contributed by atoms with Crippen LogP contribution < -0.4 is 14.4 Å². The number of rotatable bonds is 14. The Balaban J connectivity index is 1.83. The second-order valence-corrected chi connectivity index (χ2v) is 13.4. The largest absolute Gasteiger partial charge is 0.497 e. The van der Waals surface area contributed by atoms with Crippen molar-refractivity contribution in [2.24, 2.45) is 0 Å². The van der Waals surface area contributed by atoms with Gasteiger partial charge in [-0.15, -0.1) is 0 Å². The van der Waals surface area contributed by atoms with Gasteiger partial charge in [0.25, 0.3) is 10.0 Å². The number of halogens is 2. The molecule has 8 nitrogen and oxygen atoms in total. The average Bonchev–Trinajstić information content (AvgIpc) is 3.05. The van der Waals surface area contributed by atoms with E-state index in [1.807, 2.05) is 44.2 Å². The minimum absolute atomic E-state index is 0.0175. The van der Waals surface area contributed by atoms with Crippen molar-refractivity contribution in [3.63, 3.8) is 0 Å². The van der Waals surface area contributed by atoms with Gasteiger partial charge in [0, 0.05) is 35.1 Å². The van der Waals surface area contributed by atoms with Crippen LogP contribution in [-0.4, -0.2) is 51.4 Å². The minimum atomic E-state index is -4.23. The molecular formula is C35H37Cl2N3O5S. The number of carbonyl (C=O) groups excluding carboxylic acids is 2. The van der Waals surface area contributed by atoms with Gasteiger partial charge in [-0.2, -0.15) is 0 Å². The zero-order valence-corrected chi connectivity index (χ0v) is 28.3. The first kappa shape index (κ1) is 34.8. The van der Waals surface area contributed by atoms with Gasteiger partial charge in [-0.25, -0.2) is 8.42 Å². The van der Waals surface area contributed by atoms with E-state index in [-0.39, 0.29) is 29.5 Å². The lowest BCUT2D eigenvalue weighted by Gasteiger charge is -2.34. The maximum Gasteiger partial charge on any atom is 0.264 e. The van der Waals surface area contributed by atoms with Gasteiger partial charge in [-0.05, 0) is 67.4 Å². The summed E-state index contributed by atoms with van der Waals surface area (Å²) in [7, 11) is -2.73. The van der Waals surface area contributed by atoms with Crippen LogP contribution in [0.25, 0.3) is 0 Å². The molecule has 0 aliphatic carbocycles. The molecule has 0 saturated heterocycles. The molecule has 0 fully saturated rings. The molecule has 0 aliphatic rings. The fourth-order valence-electron chi connectivity index (χ4n) is 4.89. The van der Waals surface area contributed by atoms with Gasteiger partial charge in [0.1, 0.15) is 18.3 Å². The Morgan fingerprint density at radius 1 is 0.870 bits per heavy atom. The number of benzene rings is 4. The number of amides is 2. The highest BCUT2D eigenvalue weighted by Gasteiger charge is 2.35. The standard InChI is InChI=1S/C35H37Cl2N3O5S/c1-4-21-38-35(42)33(22-26-9-6-5-7-10-26)39(23-30-31(36)11-8-12-32(30)37)34(41)24-40(27-15-17-28(45-3)18-16-27)46(43,44)29-19-13-25(2)14-20-29/h5-20,33H,4,21-24H2,1-3H3,(H,38,42). The van der Waals surface area contributed by atoms with Crippen molar-refractivity contribution in [3.8, 4) is 5.75 Å². The highest BCUT2D eigenvalue weighted by atomic mass is 35.5. The average molecular weight is 683 g/mol. The van der Waals surface area contributed by atoms with Gasteiger partial charge in [0.15, 0.2) is 0 Å². The zero-order valence-electron chi connectivity index (χ0n) is 26.0. The number of sulfonamides is 1. The van der Waals surface area contributed by atoms with E-state index in [0.29, 0.717) is 34.3 Å². The van der Waals surface area contributed by atoms with Crippen LogP contribution in [0, 0.1) is 6.92 Å². The predicted octanol–water partition coefficient (Wildman–Crippen LogP) is 6.67. The van der Waals surface area contributed by atoms with Gasteiger partial charge < -0.3 is 15.0 Å². The van der Waals surface area contributed by atoms with Crippen molar-refractivity contribution >= 4 is 50.7 Å². The van der Waals surface area contributed by atoms with Gasteiger partial charge in [0.05, 0.1) is 17.7 Å². The molecule has 0 aliphatic heterocycles. The topological polar surface area (TPSA) is 96.0 Å². The maximum absolute atomic E-state index is 14.5. The first-order valence-corrected chi connectivity index (χ1v) is 17.0. The van der Waals surface area contributed by atoms with E-state index in [4.69, 9.17) is 27.9 Å². The first-order chi connectivity index (χ1) is 22.0. The smallest absolute Gasteiger partial charge is 0.264 e. The number of aryl methyl sites for hydroxylation is 1. The summed E-state index contributed by atoms with van der Waals surface area (Å²) in [6.07, 6.45) is 0.867. The molecule has 1 atom stereocenters. The lowest BCUT2D eigenvalue weighted by atomic mass is 10.0. The van der Waals surface area contributed by atoms with Crippen molar-refractivity contribution < 1.29 is 22.7 Å². The van der Waals surface area contributed by atoms with E-state index in [0.717, 1.165) is 15.4 Å². The van der Waals surface area contributed by atoms with Crippen LogP contribution >= 0.6 is 23.2 Å². The van der Waals surface area contributed by atoms with Crippen LogP contribution in [0.15, 0.2) is 102 Å². The fourth-order valence-corrected chi connectivity index (χ4v) is 6.82. The highest BCUT2D eigenvalue weighted by Crippen LogP contribution is 2.30. The maximum atomic E-state index is 14.5. The van der Waals surface area contributed by atoms with Gasteiger partial charge in [-0.3, -0.25) is 13.9 Å². The number of anilines is 1. The van der Waals surface area contributed by atoms with E-state index in [9.17, 15) is 18.0 Å². The number of carbonyl (C=O) groups is 2. The number of nitrogens with one attached hydrogen (secondary N) is 1. The van der Waals surface area contributed by atoms with Gasteiger partial charge >= 0.3 is 0 Å². The monoisotopic (exact) mass is 681 g/mol. The molecule has 0 spiro atoms. The molecule has 46 heavy (non-hydrogen) atoms. The number of hydrogen-bond acceptors (Lipinski definition) is 5. The highest BCUT2D eigenvalue weighted by molar-refractivity contribution is 7.92. The van der Waals surface area contributed by atoms with Crippen molar-refractivity contribution in [1.82, 2.24) is 10.2 Å². The minimum Gasteiger partial charge on any atom is -0.497 e. The van der Waals surface area contributed by atoms with Crippen LogP contribution in [0.4, 0.5) is 5.69 Å². The third kappa shape index (κ3) is 8.60. The molecule has 1 unspecified atom stereocenters. The Labute approximate surface area is 280 Å². The summed E-state index contributed by atoms with van der Waals surface area (Å²) >= 11 is 13.1. The summed E-state index contributed by atoms with van der Waals surface area (Å²) < 4.78 is 34.6. The Kier molecular flexibility index (Phi) is 12.1. The Bertz CT molecular complexity index is 1710. The molecule has 4 aromatic rings. The lowest BCUT2D eigenvalue weighted by molar-refractivity contribution is -0.140. The molecule has 242 valence electrons. The summed E-state index contributed by atoms with van der Waals surface area (Å²) in [6, 6.07) is 26.1. The van der Waals surface area contributed by atoms with Crippen LogP contribution in [-0.2, 0) is 32.6 Å². The van der Waals surface area contributed by atoms with Crippen LogP contribution in [0.3, 0.4) is 0 Å². The molecule has 11 heteroatoms. The molecule has 0 heterocycles. The summed E-state index contributed by atoms with van der Waals surface area (Å²) in [4.78, 5) is 29.7. The zero-order chi connectivity index (χ0) is 33.3. The normalized spacial score (nSPS) is 11.8. The van der Waals surface area contributed by atoms with Crippen LogP contribution in [0.2, 0.25) is 10.0 Å². The quantitative estimate of drug-likeness (QED) is 0.160. The Morgan fingerprint density at radius 2 is 1.50 bits per heavy atom. The lowest BCUT2D eigenvalue weighted by Crippen LogP contribution is -2.53. The van der Waals surface area contributed by atoms with Crippen molar-refractivity contribution in [2.45, 2.75) is 44.2 Å². The summed E-state index contributed by atoms with van der Waals surface area (Å²) in [5, 5.41) is 3.55. The summed E-state index contributed by atoms with van der Waals surface area (Å²) in [5.74, 6) is -0.469. The summed E-state index contributed by atoms with van der Waals surface area (Å²) in [5.41, 5.74) is 2.40. The molecule has 0 bridgehead atoms. The molecule has 1 N–H and O–H groups in total. The molecule has 0 saturated carbocycles. The number of nitrogens with zero attached hydrogens (tertiary/aromatic N) is 2. The van der Waals surface area contributed by atoms with Crippen LogP contribution in [0.5, 0.6) is 5.75 Å². The molecule has 0 aromatic heterocycles. The van der Waals surface area contributed by atoms with Gasteiger partial charge in [-0.1, -0.05) is 84.2 Å². The number of ether oxygens (including phenoxy) is 1. The number of methoxy groups -OCH3 is 1. The van der Waals surface area contributed by atoms with E-state index >= 15 is 0 Å². The Morgan fingerprint density at radius 3 is 2.09 bits per heavy atom. The van der Waals surface area contributed by atoms with E-state index in [2.05, 4.69) is 5.32 Å². The first-order valence-electron chi connectivity index (χ1n) is 14.8. The van der Waals surface area contributed by atoms with Crippen molar-refractivity contribution in [1.29, 1.82) is 0 Å². The summed E-state index contributed by atoms with van der Waals surface area (Å²) in [6.45, 7) is 3.46. The van der Waals surface area contributed by atoms with E-state index < -0.39 is 28.5 Å². The molecule has 4 aromatic carbocycles. The van der Waals surface area contributed by atoms with Crippen molar-refractivity contribution in [3.05, 3.63) is 124 Å². The van der Waals surface area contributed by atoms with Crippen LogP contribution in [0.1, 0.15) is 30.0 Å². The van der Waals surface area contributed by atoms with Gasteiger partial charge in [0.2, 0.25) is 11.8 Å². The molecule has 0 radical (unpaired) electrons. The molecule has 2 amide bonds. The SMILES string of the molecule is CCCNC(=O)C(Cc1ccccc1)N(Cc1c(Cl)cccc1Cl)C(=O)CN(c1ccc(OC)cc1)S(=O)(=O)c1ccc(C)cc1. The van der Waals surface area contributed by atoms with E-state index in [1.165, 1.54) is 24.1 Å². The Hall–Kier alpha value is -4.05. The fraction of sp³-hybridized carbons (Fsp3) is 0.257. The molecule has 4 rings (SSSR count). The van der Waals surface area contributed by atoms with Crippen molar-refractivity contribution in [2.75, 3.05) is 24.5 Å². The van der Waals surface area contributed by atoms with E-state index in [1.54, 1.807) is 54.6 Å². The second kappa shape index (κ2) is 16.0. The molecular weight excluding hydrogens is 645 g/mol. The third-order valence-corrected chi connectivity index (χ3v) is 9.96. The second-order valence-electron chi connectivity index (χ2n) is 10.7. The predicted molar refractivity (Wildman–Crippen MR) is 183 cm³/mol.